The second-order valence-electron chi connectivity index (χ2n) is 10.9. The smallest absolute Gasteiger partial charge is 0.251 e. The van der Waals surface area contributed by atoms with Crippen molar-refractivity contribution in [3.8, 4) is 0 Å². The van der Waals surface area contributed by atoms with Gasteiger partial charge in [-0.3, -0.25) is 9.59 Å². The van der Waals surface area contributed by atoms with E-state index in [1.54, 1.807) is 23.1 Å². The summed E-state index contributed by atoms with van der Waals surface area (Å²) < 4.78 is 27.8. The first-order chi connectivity index (χ1) is 15.7. The van der Waals surface area contributed by atoms with Crippen LogP contribution in [-0.2, 0) is 14.8 Å². The number of hydrogen-bond acceptors (Lipinski definition) is 4. The molecule has 5 fully saturated rings. The Kier molecular flexibility index (Phi) is 5.80. The fourth-order valence-electron chi connectivity index (χ4n) is 7.33. The van der Waals surface area contributed by atoms with Gasteiger partial charge in [0.15, 0.2) is 0 Å². The lowest BCUT2D eigenvalue weighted by atomic mass is 9.48. The number of amides is 2. The third-order valence-electron chi connectivity index (χ3n) is 8.77. The first-order valence-electron chi connectivity index (χ1n) is 12.3. The van der Waals surface area contributed by atoms with Gasteiger partial charge < -0.3 is 10.2 Å². The SMILES string of the molecule is CC(=O)N1CCN(S(=O)(=O)c2cccc(C(=O)N[C@H](C)C34CC5CC(CC(C5)C3)C4)c2)CC1. The molecule has 2 amide bonds. The third kappa shape index (κ3) is 4.20. The van der Waals surface area contributed by atoms with Crippen LogP contribution in [-0.4, -0.2) is 61.7 Å². The molecule has 6 rings (SSSR count). The summed E-state index contributed by atoms with van der Waals surface area (Å²) in [7, 11) is -3.72. The molecule has 4 saturated carbocycles. The van der Waals surface area contributed by atoms with Gasteiger partial charge in [0.05, 0.1) is 4.90 Å². The van der Waals surface area contributed by atoms with Gasteiger partial charge in [-0.1, -0.05) is 6.07 Å². The largest absolute Gasteiger partial charge is 0.349 e. The van der Waals surface area contributed by atoms with E-state index in [9.17, 15) is 18.0 Å². The molecule has 1 aromatic rings. The number of hydrogen-bond donors (Lipinski definition) is 1. The van der Waals surface area contributed by atoms with Gasteiger partial charge in [-0.15, -0.1) is 0 Å². The zero-order chi connectivity index (χ0) is 23.4. The fourth-order valence-corrected chi connectivity index (χ4v) is 8.80. The van der Waals surface area contributed by atoms with E-state index in [4.69, 9.17) is 0 Å². The Balaban J connectivity index is 1.28. The number of nitrogens with zero attached hydrogens (tertiary/aromatic N) is 2. The first-order valence-corrected chi connectivity index (χ1v) is 13.8. The number of sulfonamides is 1. The minimum Gasteiger partial charge on any atom is -0.349 e. The summed E-state index contributed by atoms with van der Waals surface area (Å²) in [6.07, 6.45) is 7.71. The van der Waals surface area contributed by atoms with E-state index in [-0.39, 0.29) is 41.3 Å². The van der Waals surface area contributed by atoms with Gasteiger partial charge >= 0.3 is 0 Å². The molecular formula is C25H35N3O4S. The molecule has 4 bridgehead atoms. The Bertz CT molecular complexity index is 1010. The Hall–Kier alpha value is -1.93. The molecule has 180 valence electrons. The third-order valence-corrected chi connectivity index (χ3v) is 10.7. The molecule has 7 nitrogen and oxygen atoms in total. The highest BCUT2D eigenvalue weighted by Crippen LogP contribution is 2.61. The standard InChI is InChI=1S/C25H35N3O4S/c1-17(25-14-19-10-20(15-25)12-21(11-19)16-25)26-24(30)22-4-3-5-23(13-22)33(31,32)28-8-6-27(7-9-28)18(2)29/h3-5,13,17,19-21H,6-12,14-16H2,1-2H3,(H,26,30)/t17-,19?,20?,21?,25?/m1/s1. The van der Waals surface area contributed by atoms with E-state index in [1.165, 1.54) is 55.8 Å². The van der Waals surface area contributed by atoms with Crippen LogP contribution in [0.15, 0.2) is 29.2 Å². The van der Waals surface area contributed by atoms with Gasteiger partial charge in [0, 0.05) is 44.7 Å². The molecule has 0 radical (unpaired) electrons. The molecule has 4 aliphatic carbocycles. The zero-order valence-corrected chi connectivity index (χ0v) is 20.4. The lowest BCUT2D eigenvalue weighted by Crippen LogP contribution is -2.55. The summed E-state index contributed by atoms with van der Waals surface area (Å²) in [5.74, 6) is 2.20. The average Bonchev–Trinajstić information content (AvgIpc) is 2.78. The number of carbonyl (C=O) groups excluding carboxylic acids is 2. The van der Waals surface area contributed by atoms with E-state index < -0.39 is 10.0 Å². The molecule has 5 aliphatic rings. The van der Waals surface area contributed by atoms with Crippen molar-refractivity contribution in [3.05, 3.63) is 29.8 Å². The molecule has 1 saturated heterocycles. The van der Waals surface area contributed by atoms with Crippen LogP contribution in [0.4, 0.5) is 0 Å². The zero-order valence-electron chi connectivity index (χ0n) is 19.6. The van der Waals surface area contributed by atoms with Crippen LogP contribution in [0.25, 0.3) is 0 Å². The summed E-state index contributed by atoms with van der Waals surface area (Å²) in [6.45, 7) is 4.94. The maximum absolute atomic E-state index is 13.2. The maximum atomic E-state index is 13.2. The van der Waals surface area contributed by atoms with Crippen LogP contribution in [0.5, 0.6) is 0 Å². The molecule has 1 N–H and O–H groups in total. The molecule has 1 aliphatic heterocycles. The van der Waals surface area contributed by atoms with Crippen LogP contribution in [0, 0.1) is 23.2 Å². The molecule has 0 aromatic heterocycles. The maximum Gasteiger partial charge on any atom is 0.251 e. The van der Waals surface area contributed by atoms with Crippen molar-refractivity contribution >= 4 is 21.8 Å². The van der Waals surface area contributed by atoms with Gasteiger partial charge in [0.2, 0.25) is 15.9 Å². The van der Waals surface area contributed by atoms with Crippen LogP contribution in [0.2, 0.25) is 0 Å². The Labute approximate surface area is 196 Å². The Morgan fingerprint density at radius 2 is 1.58 bits per heavy atom. The monoisotopic (exact) mass is 473 g/mol. The quantitative estimate of drug-likeness (QED) is 0.712. The van der Waals surface area contributed by atoms with Crippen molar-refractivity contribution in [2.24, 2.45) is 23.2 Å². The molecule has 33 heavy (non-hydrogen) atoms. The summed E-state index contributed by atoms with van der Waals surface area (Å²) in [5, 5.41) is 3.24. The second kappa shape index (κ2) is 8.38. The molecule has 1 aromatic carbocycles. The van der Waals surface area contributed by atoms with Crippen LogP contribution >= 0.6 is 0 Å². The fraction of sp³-hybridized carbons (Fsp3) is 0.680. The molecule has 0 spiro atoms. The van der Waals surface area contributed by atoms with E-state index in [2.05, 4.69) is 12.2 Å². The molecule has 1 atom stereocenters. The number of benzene rings is 1. The summed E-state index contributed by atoms with van der Waals surface area (Å²) in [4.78, 5) is 26.5. The van der Waals surface area contributed by atoms with E-state index in [1.807, 2.05) is 0 Å². The summed E-state index contributed by atoms with van der Waals surface area (Å²) >= 11 is 0. The topological polar surface area (TPSA) is 86.8 Å². The molecule has 0 unspecified atom stereocenters. The van der Waals surface area contributed by atoms with Crippen LogP contribution in [0.3, 0.4) is 0 Å². The summed E-state index contributed by atoms with van der Waals surface area (Å²) in [6, 6.07) is 6.45. The summed E-state index contributed by atoms with van der Waals surface area (Å²) in [5.41, 5.74) is 0.583. The van der Waals surface area contributed by atoms with Gasteiger partial charge in [0.1, 0.15) is 0 Å². The van der Waals surface area contributed by atoms with Crippen molar-refractivity contribution in [2.75, 3.05) is 26.2 Å². The Morgan fingerprint density at radius 1 is 1.00 bits per heavy atom. The van der Waals surface area contributed by atoms with Gasteiger partial charge in [-0.2, -0.15) is 4.31 Å². The highest BCUT2D eigenvalue weighted by molar-refractivity contribution is 7.89. The predicted molar refractivity (Wildman–Crippen MR) is 125 cm³/mol. The second-order valence-corrected chi connectivity index (χ2v) is 12.9. The first kappa shape index (κ1) is 22.8. The van der Waals surface area contributed by atoms with Crippen LogP contribution in [0.1, 0.15) is 62.7 Å². The minimum absolute atomic E-state index is 0.0427. The van der Waals surface area contributed by atoms with Crippen molar-refractivity contribution in [1.82, 2.24) is 14.5 Å². The van der Waals surface area contributed by atoms with E-state index >= 15 is 0 Å². The highest BCUT2D eigenvalue weighted by Gasteiger charge is 2.53. The number of nitrogens with one attached hydrogen (secondary N) is 1. The number of piperazine rings is 1. The van der Waals surface area contributed by atoms with Gasteiger partial charge in [-0.25, -0.2) is 8.42 Å². The highest BCUT2D eigenvalue weighted by atomic mass is 32.2. The normalized spacial score (nSPS) is 32.5. The number of carbonyl (C=O) groups is 2. The lowest BCUT2D eigenvalue weighted by molar-refractivity contribution is -0.129. The van der Waals surface area contributed by atoms with Gasteiger partial charge in [0.25, 0.3) is 5.91 Å². The lowest BCUT2D eigenvalue weighted by Gasteiger charge is -2.59. The average molecular weight is 474 g/mol. The van der Waals surface area contributed by atoms with Crippen LogP contribution < -0.4 is 5.32 Å². The van der Waals surface area contributed by atoms with Crippen molar-refractivity contribution in [2.45, 2.75) is 63.3 Å². The Morgan fingerprint density at radius 3 is 2.12 bits per heavy atom. The van der Waals surface area contributed by atoms with E-state index in [0.717, 1.165) is 17.8 Å². The minimum atomic E-state index is -3.72. The molecule has 8 heteroatoms. The molecular weight excluding hydrogens is 438 g/mol. The van der Waals surface area contributed by atoms with Crippen molar-refractivity contribution in [3.63, 3.8) is 0 Å². The number of rotatable bonds is 5. The van der Waals surface area contributed by atoms with Gasteiger partial charge in [-0.05, 0) is 86.8 Å². The van der Waals surface area contributed by atoms with E-state index in [0.29, 0.717) is 18.7 Å². The molecule has 1 heterocycles. The van der Waals surface area contributed by atoms with Crippen molar-refractivity contribution in [1.29, 1.82) is 0 Å². The van der Waals surface area contributed by atoms with Crippen molar-refractivity contribution < 1.29 is 18.0 Å². The predicted octanol–water partition coefficient (Wildman–Crippen LogP) is 2.87.